The predicted molar refractivity (Wildman–Crippen MR) is 82.7 cm³/mol. The van der Waals surface area contributed by atoms with Crippen LogP contribution in [0.1, 0.15) is 12.8 Å². The molecule has 2 rings (SSSR count). The summed E-state index contributed by atoms with van der Waals surface area (Å²) >= 11 is 0. The Morgan fingerprint density at radius 1 is 1.30 bits per heavy atom. The maximum atomic E-state index is 12.2. The van der Waals surface area contributed by atoms with Crippen LogP contribution in [0.4, 0.5) is 16.2 Å². The molecule has 1 saturated heterocycles. The third-order valence-corrected chi connectivity index (χ3v) is 3.69. The van der Waals surface area contributed by atoms with Gasteiger partial charge in [-0.05, 0) is 57.1 Å². The number of hydrogen-bond donors (Lipinski definition) is 2. The van der Waals surface area contributed by atoms with Crippen LogP contribution in [0.15, 0.2) is 24.3 Å². The number of anilines is 2. The van der Waals surface area contributed by atoms with Gasteiger partial charge in [-0.2, -0.15) is 0 Å². The van der Waals surface area contributed by atoms with Crippen LogP contribution in [0.5, 0.6) is 0 Å². The van der Waals surface area contributed by atoms with E-state index in [1.807, 2.05) is 17.0 Å². The number of nitrogens with two attached hydrogens (primary N) is 1. The molecule has 0 unspecified atom stereocenters. The summed E-state index contributed by atoms with van der Waals surface area (Å²) in [6.07, 6.45) is 2.15. The molecule has 0 radical (unpaired) electrons. The highest BCUT2D eigenvalue weighted by Gasteiger charge is 2.22. The average molecular weight is 276 g/mol. The molecule has 3 N–H and O–H groups in total. The van der Waals surface area contributed by atoms with Crippen molar-refractivity contribution < 1.29 is 4.79 Å². The Bertz CT molecular complexity index is 436. The Morgan fingerprint density at radius 3 is 2.45 bits per heavy atom. The summed E-state index contributed by atoms with van der Waals surface area (Å²) in [4.78, 5) is 16.3. The van der Waals surface area contributed by atoms with Gasteiger partial charge in [0.1, 0.15) is 0 Å². The third-order valence-electron chi connectivity index (χ3n) is 3.69. The number of nitrogens with zero attached hydrogens (tertiary/aromatic N) is 2. The van der Waals surface area contributed by atoms with E-state index in [0.717, 1.165) is 38.2 Å². The minimum Gasteiger partial charge on any atom is -0.399 e. The fourth-order valence-corrected chi connectivity index (χ4v) is 2.60. The second-order valence-corrected chi connectivity index (χ2v) is 5.74. The summed E-state index contributed by atoms with van der Waals surface area (Å²) in [6, 6.07) is 7.22. The highest BCUT2D eigenvalue weighted by atomic mass is 16.2. The topological polar surface area (TPSA) is 61.6 Å². The zero-order valence-electron chi connectivity index (χ0n) is 12.3. The van der Waals surface area contributed by atoms with Crippen molar-refractivity contribution >= 4 is 17.4 Å². The van der Waals surface area contributed by atoms with Crippen LogP contribution in [0.3, 0.4) is 0 Å². The van der Waals surface area contributed by atoms with Crippen molar-refractivity contribution in [2.24, 2.45) is 5.92 Å². The van der Waals surface area contributed by atoms with Gasteiger partial charge in [0.2, 0.25) is 0 Å². The molecule has 5 heteroatoms. The van der Waals surface area contributed by atoms with E-state index in [4.69, 9.17) is 5.73 Å². The molecule has 0 aliphatic carbocycles. The van der Waals surface area contributed by atoms with Gasteiger partial charge >= 0.3 is 6.03 Å². The van der Waals surface area contributed by atoms with Gasteiger partial charge in [-0.25, -0.2) is 4.79 Å². The number of amides is 2. The van der Waals surface area contributed by atoms with Gasteiger partial charge in [0, 0.05) is 31.0 Å². The Kier molecular flexibility index (Phi) is 4.84. The molecule has 0 saturated carbocycles. The van der Waals surface area contributed by atoms with Crippen molar-refractivity contribution in [2.75, 3.05) is 44.8 Å². The smallest absolute Gasteiger partial charge is 0.321 e. The quantitative estimate of drug-likeness (QED) is 0.831. The summed E-state index contributed by atoms with van der Waals surface area (Å²) in [6.45, 7) is 2.77. The molecular weight excluding hydrogens is 252 g/mol. The lowest BCUT2D eigenvalue weighted by atomic mass is 9.97. The van der Waals surface area contributed by atoms with Gasteiger partial charge in [-0.15, -0.1) is 0 Å². The molecule has 5 nitrogen and oxygen atoms in total. The number of carbonyl (C=O) groups is 1. The Hall–Kier alpha value is -1.75. The summed E-state index contributed by atoms with van der Waals surface area (Å²) in [5.74, 6) is 0.700. The summed E-state index contributed by atoms with van der Waals surface area (Å²) in [7, 11) is 4.19. The van der Waals surface area contributed by atoms with Crippen molar-refractivity contribution in [1.29, 1.82) is 0 Å². The number of rotatable bonds is 3. The fourth-order valence-electron chi connectivity index (χ4n) is 2.60. The van der Waals surface area contributed by atoms with Crippen molar-refractivity contribution in [2.45, 2.75) is 12.8 Å². The molecule has 0 spiro atoms. The number of benzene rings is 1. The van der Waals surface area contributed by atoms with Crippen LogP contribution in [0.25, 0.3) is 0 Å². The highest BCUT2D eigenvalue weighted by molar-refractivity contribution is 5.89. The number of carbonyl (C=O) groups excluding carboxylic acids is 1. The second-order valence-electron chi connectivity index (χ2n) is 5.74. The van der Waals surface area contributed by atoms with Crippen LogP contribution >= 0.6 is 0 Å². The molecule has 0 atom stereocenters. The molecule has 2 amide bonds. The SMILES string of the molecule is CN(C)CC1CCN(C(=O)Nc2ccc(N)cc2)CC1. The maximum absolute atomic E-state index is 12.2. The van der Waals surface area contributed by atoms with Crippen molar-refractivity contribution in [3.05, 3.63) is 24.3 Å². The van der Waals surface area contributed by atoms with E-state index < -0.39 is 0 Å². The number of nitrogen functional groups attached to an aromatic ring is 1. The van der Waals surface area contributed by atoms with Gasteiger partial charge in [-0.3, -0.25) is 0 Å². The van der Waals surface area contributed by atoms with E-state index >= 15 is 0 Å². The van der Waals surface area contributed by atoms with Crippen LogP contribution in [0, 0.1) is 5.92 Å². The largest absolute Gasteiger partial charge is 0.399 e. The zero-order chi connectivity index (χ0) is 14.5. The first-order chi connectivity index (χ1) is 9.54. The fraction of sp³-hybridized carbons (Fsp3) is 0.533. The van der Waals surface area contributed by atoms with Gasteiger partial charge < -0.3 is 20.9 Å². The van der Waals surface area contributed by atoms with Gasteiger partial charge in [0.25, 0.3) is 0 Å². The third kappa shape index (κ3) is 4.13. The molecule has 1 aromatic carbocycles. The molecule has 110 valence electrons. The first-order valence-corrected chi connectivity index (χ1v) is 7.11. The lowest BCUT2D eigenvalue weighted by molar-refractivity contribution is 0.170. The zero-order valence-corrected chi connectivity index (χ0v) is 12.3. The van der Waals surface area contributed by atoms with Gasteiger partial charge in [0.15, 0.2) is 0 Å². The molecule has 1 aliphatic heterocycles. The standard InChI is InChI=1S/C15H24N4O/c1-18(2)11-12-7-9-19(10-8-12)15(20)17-14-5-3-13(16)4-6-14/h3-6,12H,7-11,16H2,1-2H3,(H,17,20). The number of nitrogens with one attached hydrogen (secondary N) is 1. The molecule has 1 aromatic rings. The molecule has 0 bridgehead atoms. The lowest BCUT2D eigenvalue weighted by Crippen LogP contribution is -2.42. The van der Waals surface area contributed by atoms with E-state index in [9.17, 15) is 4.79 Å². The Morgan fingerprint density at radius 2 is 1.90 bits per heavy atom. The Labute approximate surface area is 120 Å². The number of likely N-dealkylation sites (tertiary alicyclic amines) is 1. The maximum Gasteiger partial charge on any atom is 0.321 e. The lowest BCUT2D eigenvalue weighted by Gasteiger charge is -2.33. The normalized spacial score (nSPS) is 16.4. The van der Waals surface area contributed by atoms with Crippen molar-refractivity contribution in [3.8, 4) is 0 Å². The predicted octanol–water partition coefficient (Wildman–Crippen LogP) is 2.07. The van der Waals surface area contributed by atoms with E-state index in [1.165, 1.54) is 0 Å². The van der Waals surface area contributed by atoms with Crippen molar-refractivity contribution in [1.82, 2.24) is 9.80 Å². The van der Waals surface area contributed by atoms with Crippen molar-refractivity contribution in [3.63, 3.8) is 0 Å². The first kappa shape index (κ1) is 14.7. The van der Waals surface area contributed by atoms with Gasteiger partial charge in [0.05, 0.1) is 0 Å². The second kappa shape index (κ2) is 6.61. The van der Waals surface area contributed by atoms with Crippen LogP contribution < -0.4 is 11.1 Å². The highest BCUT2D eigenvalue weighted by Crippen LogP contribution is 2.19. The summed E-state index contributed by atoms with van der Waals surface area (Å²) < 4.78 is 0. The van der Waals surface area contributed by atoms with Gasteiger partial charge in [-0.1, -0.05) is 0 Å². The first-order valence-electron chi connectivity index (χ1n) is 7.11. The van der Waals surface area contributed by atoms with E-state index in [2.05, 4.69) is 24.3 Å². The Balaban J connectivity index is 1.81. The molecule has 1 fully saturated rings. The van der Waals surface area contributed by atoms with E-state index in [-0.39, 0.29) is 6.03 Å². The van der Waals surface area contributed by atoms with Crippen LogP contribution in [-0.2, 0) is 0 Å². The molecule has 0 aromatic heterocycles. The monoisotopic (exact) mass is 276 g/mol. The minimum atomic E-state index is -0.0157. The molecule has 1 aliphatic rings. The van der Waals surface area contributed by atoms with E-state index in [0.29, 0.717) is 11.6 Å². The van der Waals surface area contributed by atoms with Crippen LogP contribution in [-0.4, -0.2) is 49.6 Å². The summed E-state index contributed by atoms with van der Waals surface area (Å²) in [5, 5.41) is 2.92. The number of hydrogen-bond acceptors (Lipinski definition) is 3. The summed E-state index contributed by atoms with van der Waals surface area (Å²) in [5.41, 5.74) is 7.12. The molecule has 20 heavy (non-hydrogen) atoms. The average Bonchev–Trinajstić information content (AvgIpc) is 2.41. The molecule has 1 heterocycles. The van der Waals surface area contributed by atoms with Crippen LogP contribution in [0.2, 0.25) is 0 Å². The minimum absolute atomic E-state index is 0.0157. The molecular formula is C15H24N4O. The number of piperidine rings is 1. The number of urea groups is 1. The van der Waals surface area contributed by atoms with E-state index in [1.54, 1.807) is 12.1 Å².